The summed E-state index contributed by atoms with van der Waals surface area (Å²) in [6, 6.07) is 11.5. The van der Waals surface area contributed by atoms with Gasteiger partial charge in [-0.25, -0.2) is 0 Å². The number of halogens is 1. The molecule has 1 amide bonds. The van der Waals surface area contributed by atoms with Gasteiger partial charge in [-0.1, -0.05) is 23.7 Å². The van der Waals surface area contributed by atoms with E-state index in [0.29, 0.717) is 17.3 Å². The lowest BCUT2D eigenvalue weighted by Gasteiger charge is -2.07. The average molecular weight is 277 g/mol. The zero-order valence-corrected chi connectivity index (χ0v) is 10.8. The molecular weight excluding hydrogens is 264 g/mol. The number of phenols is 1. The fraction of sp³-hybridized carbons (Fsp3) is 0.0714. The highest BCUT2D eigenvalue weighted by Gasteiger charge is 2.11. The van der Waals surface area contributed by atoms with Crippen molar-refractivity contribution in [3.05, 3.63) is 58.6 Å². The number of amides is 1. The third-order valence-corrected chi connectivity index (χ3v) is 2.89. The third-order valence-electron chi connectivity index (χ3n) is 2.65. The summed E-state index contributed by atoms with van der Waals surface area (Å²) in [7, 11) is 0. The fourth-order valence-corrected chi connectivity index (χ4v) is 1.78. The summed E-state index contributed by atoms with van der Waals surface area (Å²) in [6.45, 7) is 0.448. The van der Waals surface area contributed by atoms with Gasteiger partial charge in [-0.3, -0.25) is 4.79 Å². The average Bonchev–Trinajstić information content (AvgIpc) is 2.42. The standard InChI is InChI=1S/C14H13ClN2O2/c15-10-3-6-13(18)12(7-10)14(19)17-11-4-1-9(8-16)2-5-11/h1-7,18H,8,16H2,(H,17,19). The molecule has 0 fully saturated rings. The molecule has 0 aliphatic heterocycles. The first-order valence-corrected chi connectivity index (χ1v) is 6.07. The van der Waals surface area contributed by atoms with Crippen molar-refractivity contribution in [1.29, 1.82) is 0 Å². The second kappa shape index (κ2) is 5.73. The van der Waals surface area contributed by atoms with Crippen LogP contribution in [0.4, 0.5) is 5.69 Å². The molecule has 0 radical (unpaired) electrons. The molecule has 4 N–H and O–H groups in total. The van der Waals surface area contributed by atoms with E-state index in [4.69, 9.17) is 17.3 Å². The minimum absolute atomic E-state index is 0.111. The second-order valence-corrected chi connectivity index (χ2v) is 4.45. The van der Waals surface area contributed by atoms with Gasteiger partial charge in [0.1, 0.15) is 5.75 Å². The number of phenolic OH excluding ortho intramolecular Hbond substituents is 1. The first-order valence-electron chi connectivity index (χ1n) is 5.69. The van der Waals surface area contributed by atoms with Gasteiger partial charge in [0.2, 0.25) is 0 Å². The summed E-state index contributed by atoms with van der Waals surface area (Å²) in [5.74, 6) is -0.527. The number of aromatic hydroxyl groups is 1. The number of carbonyl (C=O) groups excluding carboxylic acids is 1. The number of benzene rings is 2. The van der Waals surface area contributed by atoms with E-state index in [1.807, 2.05) is 12.1 Å². The predicted octanol–water partition coefficient (Wildman–Crippen LogP) is 2.76. The molecule has 0 saturated heterocycles. The lowest BCUT2D eigenvalue weighted by atomic mass is 10.1. The minimum Gasteiger partial charge on any atom is -0.507 e. The lowest BCUT2D eigenvalue weighted by Crippen LogP contribution is -2.12. The highest BCUT2D eigenvalue weighted by atomic mass is 35.5. The van der Waals surface area contributed by atoms with Gasteiger partial charge in [-0.15, -0.1) is 0 Å². The number of hydrogen-bond acceptors (Lipinski definition) is 3. The number of nitrogens with one attached hydrogen (secondary N) is 1. The molecule has 0 bridgehead atoms. The molecule has 0 unspecified atom stereocenters. The van der Waals surface area contributed by atoms with Crippen LogP contribution in [0.25, 0.3) is 0 Å². The summed E-state index contributed by atoms with van der Waals surface area (Å²) >= 11 is 5.80. The fourth-order valence-electron chi connectivity index (χ4n) is 1.61. The van der Waals surface area contributed by atoms with Crippen LogP contribution in [0.3, 0.4) is 0 Å². The Labute approximate surface area is 115 Å². The molecule has 0 aromatic heterocycles. The van der Waals surface area contributed by atoms with Crippen LogP contribution in [0.1, 0.15) is 15.9 Å². The highest BCUT2D eigenvalue weighted by Crippen LogP contribution is 2.22. The SMILES string of the molecule is NCc1ccc(NC(=O)c2cc(Cl)ccc2O)cc1. The Hall–Kier alpha value is -2.04. The van der Waals surface area contributed by atoms with Crippen LogP contribution in [0.5, 0.6) is 5.75 Å². The van der Waals surface area contributed by atoms with Crippen molar-refractivity contribution in [3.63, 3.8) is 0 Å². The molecule has 0 atom stereocenters. The highest BCUT2D eigenvalue weighted by molar-refractivity contribution is 6.31. The Balaban J connectivity index is 2.18. The first kappa shape index (κ1) is 13.4. The normalized spacial score (nSPS) is 10.2. The van der Waals surface area contributed by atoms with Gasteiger partial charge in [0.25, 0.3) is 5.91 Å². The van der Waals surface area contributed by atoms with Crippen molar-refractivity contribution in [2.24, 2.45) is 5.73 Å². The third kappa shape index (κ3) is 3.24. The summed E-state index contributed by atoms with van der Waals surface area (Å²) in [4.78, 5) is 12.0. The van der Waals surface area contributed by atoms with E-state index in [2.05, 4.69) is 5.32 Å². The second-order valence-electron chi connectivity index (χ2n) is 4.02. The first-order chi connectivity index (χ1) is 9.10. The van der Waals surface area contributed by atoms with Crippen LogP contribution in [-0.4, -0.2) is 11.0 Å². The minimum atomic E-state index is -0.416. The van der Waals surface area contributed by atoms with Crippen LogP contribution < -0.4 is 11.1 Å². The van der Waals surface area contributed by atoms with Crippen molar-refractivity contribution >= 4 is 23.2 Å². The Kier molecular flexibility index (Phi) is 4.04. The quantitative estimate of drug-likeness (QED) is 0.807. The predicted molar refractivity (Wildman–Crippen MR) is 75.4 cm³/mol. The van der Waals surface area contributed by atoms with Gasteiger partial charge in [0.05, 0.1) is 5.56 Å². The zero-order valence-electron chi connectivity index (χ0n) is 10.1. The van der Waals surface area contributed by atoms with Crippen molar-refractivity contribution in [1.82, 2.24) is 0 Å². The van der Waals surface area contributed by atoms with Crippen molar-refractivity contribution in [2.45, 2.75) is 6.54 Å². The van der Waals surface area contributed by atoms with E-state index in [1.54, 1.807) is 12.1 Å². The maximum Gasteiger partial charge on any atom is 0.259 e. The van der Waals surface area contributed by atoms with Crippen LogP contribution in [0.15, 0.2) is 42.5 Å². The number of anilines is 1. The number of nitrogens with two attached hydrogens (primary N) is 1. The largest absolute Gasteiger partial charge is 0.507 e. The Morgan fingerprint density at radius 2 is 1.89 bits per heavy atom. The van der Waals surface area contributed by atoms with E-state index >= 15 is 0 Å². The maximum absolute atomic E-state index is 12.0. The Morgan fingerprint density at radius 1 is 1.21 bits per heavy atom. The van der Waals surface area contributed by atoms with Crippen LogP contribution in [0, 0.1) is 0 Å². The summed E-state index contributed by atoms with van der Waals surface area (Å²) in [5.41, 5.74) is 7.23. The topological polar surface area (TPSA) is 75.3 Å². The van der Waals surface area contributed by atoms with E-state index in [9.17, 15) is 9.90 Å². The van der Waals surface area contributed by atoms with Gasteiger partial charge in [-0.05, 0) is 35.9 Å². The molecule has 0 spiro atoms. The molecule has 0 aliphatic carbocycles. The molecule has 0 saturated carbocycles. The number of carbonyl (C=O) groups is 1. The molecule has 98 valence electrons. The number of rotatable bonds is 3. The lowest BCUT2D eigenvalue weighted by molar-refractivity contribution is 0.102. The summed E-state index contributed by atoms with van der Waals surface area (Å²) in [6.07, 6.45) is 0. The van der Waals surface area contributed by atoms with Crippen molar-refractivity contribution in [3.8, 4) is 5.75 Å². The monoisotopic (exact) mass is 276 g/mol. The van der Waals surface area contributed by atoms with Gasteiger partial charge in [0, 0.05) is 17.3 Å². The summed E-state index contributed by atoms with van der Waals surface area (Å²) < 4.78 is 0. The number of hydrogen-bond donors (Lipinski definition) is 3. The van der Waals surface area contributed by atoms with Crippen molar-refractivity contribution in [2.75, 3.05) is 5.32 Å². The molecule has 2 rings (SSSR count). The molecular formula is C14H13ClN2O2. The smallest absolute Gasteiger partial charge is 0.259 e. The molecule has 2 aromatic carbocycles. The van der Waals surface area contributed by atoms with Gasteiger partial charge < -0.3 is 16.2 Å². The van der Waals surface area contributed by atoms with Crippen LogP contribution in [-0.2, 0) is 6.54 Å². The van der Waals surface area contributed by atoms with Crippen LogP contribution in [0.2, 0.25) is 5.02 Å². The van der Waals surface area contributed by atoms with E-state index < -0.39 is 5.91 Å². The van der Waals surface area contributed by atoms with Gasteiger partial charge in [-0.2, -0.15) is 0 Å². The van der Waals surface area contributed by atoms with Gasteiger partial charge in [0.15, 0.2) is 0 Å². The maximum atomic E-state index is 12.0. The molecule has 0 heterocycles. The molecule has 0 aliphatic rings. The van der Waals surface area contributed by atoms with Crippen molar-refractivity contribution < 1.29 is 9.90 Å². The van der Waals surface area contributed by atoms with E-state index in [1.165, 1.54) is 18.2 Å². The van der Waals surface area contributed by atoms with Gasteiger partial charge >= 0.3 is 0 Å². The Bertz CT molecular complexity index is 597. The van der Waals surface area contributed by atoms with E-state index in [-0.39, 0.29) is 11.3 Å². The van der Waals surface area contributed by atoms with Crippen LogP contribution >= 0.6 is 11.6 Å². The molecule has 5 heteroatoms. The Morgan fingerprint density at radius 3 is 2.53 bits per heavy atom. The molecule has 19 heavy (non-hydrogen) atoms. The molecule has 4 nitrogen and oxygen atoms in total. The zero-order chi connectivity index (χ0) is 13.8. The summed E-state index contributed by atoms with van der Waals surface area (Å²) in [5, 5.41) is 12.7. The van der Waals surface area contributed by atoms with E-state index in [0.717, 1.165) is 5.56 Å². The molecule has 2 aromatic rings.